The van der Waals surface area contributed by atoms with Crippen molar-refractivity contribution in [3.8, 4) is 0 Å². The minimum absolute atomic E-state index is 0.0901. The summed E-state index contributed by atoms with van der Waals surface area (Å²) in [6.45, 7) is 2.08. The first-order chi connectivity index (χ1) is 9.11. The zero-order chi connectivity index (χ0) is 13.8. The van der Waals surface area contributed by atoms with Gasteiger partial charge in [-0.3, -0.25) is 4.79 Å². The number of likely N-dealkylation sites (N-methyl/N-ethyl adjacent to an activating group) is 2. The Morgan fingerprint density at radius 2 is 2.32 bits per heavy atom. The molecule has 1 fully saturated rings. The van der Waals surface area contributed by atoms with Crippen molar-refractivity contribution < 1.29 is 4.79 Å². The van der Waals surface area contributed by atoms with Crippen molar-refractivity contribution in [3.63, 3.8) is 0 Å². The molecule has 1 aliphatic rings. The Kier molecular flexibility index (Phi) is 4.83. The van der Waals surface area contributed by atoms with Crippen molar-refractivity contribution >= 4 is 17.5 Å². The number of carbonyl (C=O) groups excluding carboxylic acids is 1. The number of halogens is 1. The number of likely N-dealkylation sites (tertiary alicyclic amines) is 1. The molecule has 0 radical (unpaired) electrons. The summed E-state index contributed by atoms with van der Waals surface area (Å²) in [6, 6.07) is 7.90. The molecule has 1 aromatic rings. The Hall–Kier alpha value is -1.06. The number of amides is 1. The number of carbonyl (C=O) groups is 1. The van der Waals surface area contributed by atoms with Crippen LogP contribution in [0.3, 0.4) is 0 Å². The second kappa shape index (κ2) is 6.40. The van der Waals surface area contributed by atoms with Gasteiger partial charge < -0.3 is 9.80 Å². The lowest BCUT2D eigenvalue weighted by atomic mass is 10.0. The van der Waals surface area contributed by atoms with Crippen molar-refractivity contribution in [2.75, 3.05) is 27.2 Å². The van der Waals surface area contributed by atoms with Crippen LogP contribution in [0.1, 0.15) is 28.8 Å². The van der Waals surface area contributed by atoms with Gasteiger partial charge in [0.05, 0.1) is 0 Å². The summed E-state index contributed by atoms with van der Waals surface area (Å²) in [6.07, 6.45) is 2.24. The fourth-order valence-corrected chi connectivity index (χ4v) is 2.78. The maximum Gasteiger partial charge on any atom is 0.253 e. The molecule has 2 rings (SSSR count). The number of hydrogen-bond acceptors (Lipinski definition) is 2. The summed E-state index contributed by atoms with van der Waals surface area (Å²) < 4.78 is 0. The Labute approximate surface area is 120 Å². The molecule has 0 bridgehead atoms. The monoisotopic (exact) mass is 280 g/mol. The number of hydrogen-bond donors (Lipinski definition) is 0. The molecule has 0 aromatic heterocycles. The van der Waals surface area contributed by atoms with Gasteiger partial charge in [-0.2, -0.15) is 0 Å². The normalized spacial score (nSPS) is 20.3. The van der Waals surface area contributed by atoms with E-state index in [0.29, 0.717) is 11.9 Å². The molecular weight excluding hydrogens is 260 g/mol. The van der Waals surface area contributed by atoms with E-state index in [1.807, 2.05) is 36.2 Å². The standard InChI is InChI=1S/C15H21ClN2O/c1-17-8-4-7-14(11-17)18(2)15(19)13-6-3-5-12(9-13)10-16/h3,5-6,9,14H,4,7-8,10-11H2,1-2H3. The second-order valence-corrected chi connectivity index (χ2v) is 5.58. The summed E-state index contributed by atoms with van der Waals surface area (Å²) in [5, 5.41) is 0. The lowest BCUT2D eigenvalue weighted by Crippen LogP contribution is -2.47. The van der Waals surface area contributed by atoms with E-state index in [9.17, 15) is 4.79 Å². The highest BCUT2D eigenvalue weighted by molar-refractivity contribution is 6.17. The van der Waals surface area contributed by atoms with Crippen LogP contribution in [0.5, 0.6) is 0 Å². The van der Waals surface area contributed by atoms with E-state index < -0.39 is 0 Å². The van der Waals surface area contributed by atoms with Gasteiger partial charge in [-0.05, 0) is 44.1 Å². The molecule has 1 saturated heterocycles. The first-order valence-electron chi connectivity index (χ1n) is 6.72. The number of piperidine rings is 1. The van der Waals surface area contributed by atoms with Gasteiger partial charge in [-0.1, -0.05) is 12.1 Å². The minimum atomic E-state index is 0.0901. The summed E-state index contributed by atoms with van der Waals surface area (Å²) in [7, 11) is 4.01. The fraction of sp³-hybridized carbons (Fsp3) is 0.533. The molecule has 0 saturated carbocycles. The molecule has 4 heteroatoms. The topological polar surface area (TPSA) is 23.6 Å². The lowest BCUT2D eigenvalue weighted by Gasteiger charge is -2.35. The molecule has 1 amide bonds. The van der Waals surface area contributed by atoms with E-state index >= 15 is 0 Å². The average molecular weight is 281 g/mol. The molecular formula is C15H21ClN2O. The molecule has 1 aromatic carbocycles. The highest BCUT2D eigenvalue weighted by atomic mass is 35.5. The van der Waals surface area contributed by atoms with Crippen molar-refractivity contribution in [1.82, 2.24) is 9.80 Å². The molecule has 3 nitrogen and oxygen atoms in total. The van der Waals surface area contributed by atoms with Gasteiger partial charge >= 0.3 is 0 Å². The van der Waals surface area contributed by atoms with Gasteiger partial charge in [0, 0.05) is 31.1 Å². The number of rotatable bonds is 3. The fourth-order valence-electron chi connectivity index (χ4n) is 2.61. The molecule has 0 spiro atoms. The van der Waals surface area contributed by atoms with Crippen LogP contribution in [0, 0.1) is 0 Å². The minimum Gasteiger partial charge on any atom is -0.337 e. The van der Waals surface area contributed by atoms with Crippen LogP contribution in [-0.4, -0.2) is 48.9 Å². The lowest BCUT2D eigenvalue weighted by molar-refractivity contribution is 0.0644. The largest absolute Gasteiger partial charge is 0.337 e. The third-order valence-corrected chi connectivity index (χ3v) is 4.10. The van der Waals surface area contributed by atoms with Crippen LogP contribution < -0.4 is 0 Å². The van der Waals surface area contributed by atoms with E-state index in [2.05, 4.69) is 11.9 Å². The highest BCUT2D eigenvalue weighted by Gasteiger charge is 2.25. The van der Waals surface area contributed by atoms with Gasteiger partial charge in [-0.15, -0.1) is 11.6 Å². The Morgan fingerprint density at radius 3 is 3.00 bits per heavy atom. The van der Waals surface area contributed by atoms with Crippen molar-refractivity contribution in [2.24, 2.45) is 0 Å². The summed E-state index contributed by atoms with van der Waals surface area (Å²) in [5.74, 6) is 0.532. The molecule has 0 aliphatic carbocycles. The van der Waals surface area contributed by atoms with Crippen molar-refractivity contribution in [3.05, 3.63) is 35.4 Å². The second-order valence-electron chi connectivity index (χ2n) is 5.31. The molecule has 0 N–H and O–H groups in total. The molecule has 1 aliphatic heterocycles. The third-order valence-electron chi connectivity index (χ3n) is 3.80. The Bertz CT molecular complexity index is 450. The average Bonchev–Trinajstić information content (AvgIpc) is 2.45. The van der Waals surface area contributed by atoms with Gasteiger partial charge in [0.2, 0.25) is 0 Å². The van der Waals surface area contributed by atoms with Crippen LogP contribution >= 0.6 is 11.6 Å². The summed E-state index contributed by atoms with van der Waals surface area (Å²) >= 11 is 5.82. The summed E-state index contributed by atoms with van der Waals surface area (Å²) in [4.78, 5) is 16.6. The first kappa shape index (κ1) is 14.4. The van der Waals surface area contributed by atoms with E-state index in [0.717, 1.165) is 37.1 Å². The first-order valence-corrected chi connectivity index (χ1v) is 7.26. The van der Waals surface area contributed by atoms with E-state index in [1.54, 1.807) is 0 Å². The SMILES string of the molecule is CN1CCCC(N(C)C(=O)c2cccc(CCl)c2)C1. The van der Waals surface area contributed by atoms with Crippen molar-refractivity contribution in [1.29, 1.82) is 0 Å². The van der Waals surface area contributed by atoms with E-state index in [-0.39, 0.29) is 5.91 Å². The Balaban J connectivity index is 2.09. The third kappa shape index (κ3) is 3.48. The van der Waals surface area contributed by atoms with Crippen LogP contribution in [0.2, 0.25) is 0 Å². The molecule has 104 valence electrons. The number of nitrogens with zero attached hydrogens (tertiary/aromatic N) is 2. The molecule has 19 heavy (non-hydrogen) atoms. The number of benzene rings is 1. The predicted molar refractivity (Wildman–Crippen MR) is 78.6 cm³/mol. The van der Waals surface area contributed by atoms with Gasteiger partial charge in [0.25, 0.3) is 5.91 Å². The van der Waals surface area contributed by atoms with E-state index in [4.69, 9.17) is 11.6 Å². The van der Waals surface area contributed by atoms with Crippen LogP contribution in [0.15, 0.2) is 24.3 Å². The van der Waals surface area contributed by atoms with Crippen LogP contribution in [0.25, 0.3) is 0 Å². The maximum atomic E-state index is 12.5. The number of alkyl halides is 1. The van der Waals surface area contributed by atoms with Crippen molar-refractivity contribution in [2.45, 2.75) is 24.8 Å². The van der Waals surface area contributed by atoms with Crippen LogP contribution in [-0.2, 0) is 5.88 Å². The van der Waals surface area contributed by atoms with Gasteiger partial charge in [0.1, 0.15) is 0 Å². The summed E-state index contributed by atoms with van der Waals surface area (Å²) in [5.41, 5.74) is 1.72. The zero-order valence-electron chi connectivity index (χ0n) is 11.6. The molecule has 1 unspecified atom stereocenters. The van der Waals surface area contributed by atoms with Gasteiger partial charge in [0.15, 0.2) is 0 Å². The zero-order valence-corrected chi connectivity index (χ0v) is 12.4. The molecule has 1 heterocycles. The highest BCUT2D eigenvalue weighted by Crippen LogP contribution is 2.17. The maximum absolute atomic E-state index is 12.5. The predicted octanol–water partition coefficient (Wildman–Crippen LogP) is 2.59. The van der Waals surface area contributed by atoms with Crippen LogP contribution in [0.4, 0.5) is 0 Å². The van der Waals surface area contributed by atoms with Gasteiger partial charge in [-0.25, -0.2) is 0 Å². The quantitative estimate of drug-likeness (QED) is 0.795. The Morgan fingerprint density at radius 1 is 1.53 bits per heavy atom. The van der Waals surface area contributed by atoms with E-state index in [1.165, 1.54) is 0 Å². The molecule has 1 atom stereocenters. The smallest absolute Gasteiger partial charge is 0.253 e.